The van der Waals surface area contributed by atoms with Crippen LogP contribution in [0.4, 0.5) is 22.7 Å². The van der Waals surface area contributed by atoms with Crippen LogP contribution in [0.25, 0.3) is 97.5 Å². The molecule has 2 heterocycles. The fraction of sp³-hybridized carbons (Fsp3) is 0.227. The van der Waals surface area contributed by atoms with Gasteiger partial charge in [-0.1, -0.05) is 329 Å². The van der Waals surface area contributed by atoms with Crippen molar-refractivity contribution in [2.45, 2.75) is 111 Å². The molecule has 0 radical (unpaired) electrons. The summed E-state index contributed by atoms with van der Waals surface area (Å²) < 4.78 is 4.52. The molecule has 4 nitrogen and oxygen atoms in total. The fourth-order valence-corrected chi connectivity index (χ4v) is 11.1. The summed E-state index contributed by atoms with van der Waals surface area (Å²) in [5, 5.41) is 18.2. The first-order valence-corrected chi connectivity index (χ1v) is 34.1. The highest BCUT2D eigenvalue weighted by Crippen LogP contribution is 2.37. The van der Waals surface area contributed by atoms with Gasteiger partial charge < -0.3 is 18.9 Å². The van der Waals surface area contributed by atoms with Gasteiger partial charge in [0.2, 0.25) is 0 Å². The van der Waals surface area contributed by atoms with Gasteiger partial charge in [-0.15, -0.1) is 0 Å². The second-order valence-electron chi connectivity index (χ2n) is 19.5. The third-order valence-corrected chi connectivity index (χ3v) is 15.1. The molecule has 0 amide bonds. The van der Waals surface area contributed by atoms with E-state index in [2.05, 4.69) is 326 Å². The van der Waals surface area contributed by atoms with E-state index in [0.717, 1.165) is 0 Å². The first-order valence-electron chi connectivity index (χ1n) is 34.1. The minimum atomic E-state index is 1.20. The lowest BCUT2D eigenvalue weighted by molar-refractivity contribution is 1.01. The van der Waals surface area contributed by atoms with Crippen LogP contribution in [0.3, 0.4) is 0 Å². The summed E-state index contributed by atoms with van der Waals surface area (Å²) in [6, 6.07) is 98.8. The summed E-state index contributed by atoms with van der Waals surface area (Å²) in [5.41, 5.74) is 10.1. The number of anilines is 4. The maximum atomic E-state index is 2.30. The number of rotatable bonds is 4. The average molecular weight is 1220 g/mol. The van der Waals surface area contributed by atoms with Gasteiger partial charge in [0, 0.05) is 111 Å². The molecule has 478 valence electrons. The Hall–Kier alpha value is -9.64. The van der Waals surface area contributed by atoms with Crippen molar-refractivity contribution in [2.75, 3.05) is 23.9 Å². The third kappa shape index (κ3) is 17.6. The molecule has 13 aromatic carbocycles. The molecule has 0 saturated heterocycles. The number of hydrogen-bond donors (Lipinski definition) is 0. The molecule has 15 aromatic rings. The Morgan fingerprint density at radius 1 is 0.196 bits per heavy atom. The lowest BCUT2D eigenvalue weighted by Crippen LogP contribution is -2.10. The van der Waals surface area contributed by atoms with Crippen LogP contribution in [-0.2, 0) is 14.1 Å². The molecule has 92 heavy (non-hydrogen) atoms. The summed E-state index contributed by atoms with van der Waals surface area (Å²) in [6.45, 7) is 32.0. The van der Waals surface area contributed by atoms with Crippen LogP contribution in [0.5, 0.6) is 0 Å². The van der Waals surface area contributed by atoms with E-state index in [1.54, 1.807) is 0 Å². The van der Waals surface area contributed by atoms with Gasteiger partial charge in [-0.25, -0.2) is 0 Å². The van der Waals surface area contributed by atoms with Gasteiger partial charge in [-0.2, -0.15) is 0 Å². The zero-order chi connectivity index (χ0) is 67.5. The first-order chi connectivity index (χ1) is 45.4. The van der Waals surface area contributed by atoms with Crippen LogP contribution in [0.15, 0.2) is 279 Å². The predicted octanol–water partition coefficient (Wildman–Crippen LogP) is 27.5. The van der Waals surface area contributed by atoms with E-state index < -0.39 is 0 Å². The SMILES string of the molecule is CC.CC.CC.CC.CC.CC.CC.CC.CN(c1ccc2ccccc2c1)c1cccc2ccccc12.CN(c1cccc2ccccc12)c1cccc2ccccc12.Cn1c2ccccc2c2cc3ccccc3cc21.Cn1c2ccccc2c2ccccc21. The van der Waals surface area contributed by atoms with Crippen LogP contribution in [0.1, 0.15) is 111 Å². The Morgan fingerprint density at radius 2 is 0.457 bits per heavy atom. The Kier molecular flexibility index (Phi) is 32.7. The van der Waals surface area contributed by atoms with Crippen molar-refractivity contribution in [3.63, 3.8) is 0 Å². The second kappa shape index (κ2) is 40.2. The van der Waals surface area contributed by atoms with E-state index in [9.17, 15) is 0 Å². The van der Waals surface area contributed by atoms with E-state index in [1.807, 2.05) is 111 Å². The molecule has 0 bridgehead atoms. The topological polar surface area (TPSA) is 16.3 Å². The molecule has 0 aliphatic heterocycles. The van der Waals surface area contributed by atoms with Crippen molar-refractivity contribution in [1.29, 1.82) is 0 Å². The van der Waals surface area contributed by atoms with Crippen molar-refractivity contribution in [2.24, 2.45) is 14.1 Å². The minimum Gasteiger partial charge on any atom is -0.344 e. The predicted molar refractivity (Wildman–Crippen MR) is 421 cm³/mol. The number of aryl methyl sites for hydroxylation is 2. The van der Waals surface area contributed by atoms with E-state index in [4.69, 9.17) is 0 Å². The standard InChI is InChI=1S/2C21H17N.C17H13N.C13H11N.8C2H6/c1-22(20-14-6-10-16-8-2-4-12-18(16)20)21-15-7-11-17-9-3-5-13-19(17)21;1-22(19-14-13-16-7-2-3-9-18(16)15-19)21-12-6-10-17-8-4-5-11-20(17)21;1-18-16-9-5-4-8-14(16)15-10-12-6-2-3-7-13(12)11-17(15)18;1-14-12-8-4-2-6-10(12)11-7-3-5-9-13(11)14;8*1-2/h2*2-15H,1H3;2-11H,1H3;2-9H,1H3;8*1-2H3. The number of fused-ring (bicyclic) bond motifs is 11. The molecule has 0 atom stereocenters. The first kappa shape index (κ1) is 74.8. The number of benzene rings is 13. The maximum absolute atomic E-state index is 2.30. The van der Waals surface area contributed by atoms with Crippen molar-refractivity contribution >= 4 is 120 Å². The normalized spacial score (nSPS) is 9.74. The number of hydrogen-bond acceptors (Lipinski definition) is 2. The summed E-state index contributed by atoms with van der Waals surface area (Å²) in [7, 11) is 8.53. The van der Waals surface area contributed by atoms with Crippen molar-refractivity contribution in [3.05, 3.63) is 279 Å². The van der Waals surface area contributed by atoms with Crippen LogP contribution < -0.4 is 9.80 Å². The number of nitrogens with zero attached hydrogens (tertiary/aromatic N) is 4. The van der Waals surface area contributed by atoms with Gasteiger partial charge in [-0.3, -0.25) is 0 Å². The summed E-state index contributed by atoms with van der Waals surface area (Å²) in [4.78, 5) is 4.54. The van der Waals surface area contributed by atoms with Gasteiger partial charge in [-0.05, 0) is 98.4 Å². The summed E-state index contributed by atoms with van der Waals surface area (Å²) in [5.74, 6) is 0. The van der Waals surface area contributed by atoms with Gasteiger partial charge in [0.05, 0.1) is 0 Å². The molecule has 0 aliphatic rings. The Bertz CT molecular complexity index is 4400. The van der Waals surface area contributed by atoms with Crippen molar-refractivity contribution < 1.29 is 0 Å². The number of aromatic nitrogens is 2. The molecular weight excluding hydrogens is 1110 g/mol. The Balaban J connectivity index is 0.000000245. The van der Waals surface area contributed by atoms with Gasteiger partial charge in [0.25, 0.3) is 0 Å². The number of para-hydroxylation sites is 3. The summed E-state index contributed by atoms with van der Waals surface area (Å²) in [6.07, 6.45) is 0. The van der Waals surface area contributed by atoms with E-state index in [1.165, 1.54) is 120 Å². The molecule has 0 saturated carbocycles. The van der Waals surface area contributed by atoms with Crippen LogP contribution in [-0.4, -0.2) is 23.2 Å². The summed E-state index contributed by atoms with van der Waals surface area (Å²) >= 11 is 0. The minimum absolute atomic E-state index is 1.20. The lowest BCUT2D eigenvalue weighted by atomic mass is 10.1. The smallest absolute Gasteiger partial charge is 0.0495 e. The average Bonchev–Trinajstić information content (AvgIpc) is 1.58. The quantitative estimate of drug-likeness (QED) is 0.175. The van der Waals surface area contributed by atoms with Crippen molar-refractivity contribution in [1.82, 2.24) is 9.13 Å². The molecule has 0 fully saturated rings. The van der Waals surface area contributed by atoms with Crippen molar-refractivity contribution in [3.8, 4) is 0 Å². The van der Waals surface area contributed by atoms with Crippen LogP contribution >= 0.6 is 0 Å². The van der Waals surface area contributed by atoms with E-state index in [0.29, 0.717) is 0 Å². The zero-order valence-corrected chi connectivity index (χ0v) is 59.3. The van der Waals surface area contributed by atoms with Gasteiger partial charge in [0.1, 0.15) is 0 Å². The molecule has 2 aromatic heterocycles. The lowest BCUT2D eigenvalue weighted by Gasteiger charge is -2.23. The molecule has 15 rings (SSSR count). The molecule has 0 N–H and O–H groups in total. The highest BCUT2D eigenvalue weighted by molar-refractivity contribution is 6.13. The second-order valence-corrected chi connectivity index (χ2v) is 19.5. The molecule has 0 aliphatic carbocycles. The maximum Gasteiger partial charge on any atom is 0.0495 e. The zero-order valence-electron chi connectivity index (χ0n) is 59.3. The van der Waals surface area contributed by atoms with Gasteiger partial charge in [0.15, 0.2) is 0 Å². The molecular formula is C88H106N4. The molecule has 0 unspecified atom stereocenters. The molecule has 0 spiro atoms. The highest BCUT2D eigenvalue weighted by atomic mass is 15.1. The van der Waals surface area contributed by atoms with Crippen LogP contribution in [0.2, 0.25) is 0 Å². The van der Waals surface area contributed by atoms with Crippen LogP contribution in [0, 0.1) is 0 Å². The van der Waals surface area contributed by atoms with E-state index in [-0.39, 0.29) is 0 Å². The fourth-order valence-electron chi connectivity index (χ4n) is 11.1. The Morgan fingerprint density at radius 3 is 0.837 bits per heavy atom. The molecule has 4 heteroatoms. The highest BCUT2D eigenvalue weighted by Gasteiger charge is 2.13. The third-order valence-electron chi connectivity index (χ3n) is 15.1. The van der Waals surface area contributed by atoms with Gasteiger partial charge >= 0.3 is 0 Å². The van der Waals surface area contributed by atoms with E-state index >= 15 is 0 Å². The monoisotopic (exact) mass is 1220 g/mol. The largest absolute Gasteiger partial charge is 0.344 e. The Labute approximate surface area is 554 Å².